The summed E-state index contributed by atoms with van der Waals surface area (Å²) in [6.07, 6.45) is 6.02. The van der Waals surface area contributed by atoms with Gasteiger partial charge in [0.15, 0.2) is 0 Å². The molecular weight excluding hydrogens is 381 g/mol. The second-order valence-corrected chi connectivity index (χ2v) is 8.29. The lowest BCUT2D eigenvalue weighted by atomic mass is 9.95. The molecule has 0 bridgehead atoms. The Morgan fingerprint density at radius 2 is 2.03 bits per heavy atom. The number of carbonyl (C=O) groups excluding carboxylic acids is 1. The normalized spacial score (nSPS) is 20.8. The number of aliphatic hydroxyl groups is 1. The molecule has 2 atom stereocenters. The first-order valence-corrected chi connectivity index (χ1v) is 10.4. The molecule has 1 amide bonds. The van der Waals surface area contributed by atoms with Gasteiger partial charge in [0.2, 0.25) is 0 Å². The van der Waals surface area contributed by atoms with E-state index in [1.807, 2.05) is 42.6 Å². The van der Waals surface area contributed by atoms with Gasteiger partial charge < -0.3 is 10.0 Å². The Labute approximate surface area is 174 Å². The quantitative estimate of drug-likeness (QED) is 0.719. The Morgan fingerprint density at radius 3 is 2.70 bits per heavy atom. The van der Waals surface area contributed by atoms with E-state index in [1.165, 1.54) is 0 Å². The zero-order valence-electron chi connectivity index (χ0n) is 16.9. The fraction of sp³-hybridized carbons (Fsp3) is 0.333. The molecule has 1 N–H and O–H groups in total. The Bertz CT molecular complexity index is 1090. The molecule has 154 valence electrons. The van der Waals surface area contributed by atoms with Crippen LogP contribution >= 0.6 is 0 Å². The lowest BCUT2D eigenvalue weighted by Crippen LogP contribution is -2.40. The van der Waals surface area contributed by atoms with Crippen molar-refractivity contribution in [1.29, 1.82) is 0 Å². The van der Waals surface area contributed by atoms with Crippen molar-refractivity contribution in [2.75, 3.05) is 0 Å². The van der Waals surface area contributed by atoms with Crippen LogP contribution in [0.2, 0.25) is 0 Å². The predicted molar refractivity (Wildman–Crippen MR) is 111 cm³/mol. The Hall–Kier alpha value is -2.99. The molecule has 5 nitrogen and oxygen atoms in total. The number of rotatable bonds is 4. The standard InChI is InChI=1S/C24H24FN3O2/c1-15-17(12-16-6-8-18(9-7-16)28-11-3-10-26-28)13-19-20(23(15)25)14-27(24(19)30)21-4-2-5-22(21)29/h3,6-11,13,21-22,29H,2,4-5,12,14H2,1H3/t21-,22-/m0/s1. The Balaban J connectivity index is 1.42. The molecule has 0 spiro atoms. The maximum Gasteiger partial charge on any atom is 0.254 e. The number of aliphatic hydroxyl groups excluding tert-OH is 1. The van der Waals surface area contributed by atoms with Crippen LogP contribution < -0.4 is 0 Å². The molecule has 6 heteroatoms. The largest absolute Gasteiger partial charge is 0.391 e. The average Bonchev–Trinajstić information content (AvgIpc) is 3.48. The van der Waals surface area contributed by atoms with Crippen LogP contribution in [0.4, 0.5) is 4.39 Å². The molecule has 0 radical (unpaired) electrons. The van der Waals surface area contributed by atoms with Gasteiger partial charge in [0, 0.05) is 23.5 Å². The van der Waals surface area contributed by atoms with E-state index in [4.69, 9.17) is 0 Å². The van der Waals surface area contributed by atoms with Crippen molar-refractivity contribution >= 4 is 5.91 Å². The lowest BCUT2D eigenvalue weighted by Gasteiger charge is -2.26. The highest BCUT2D eigenvalue weighted by Gasteiger charge is 2.40. The lowest BCUT2D eigenvalue weighted by molar-refractivity contribution is 0.0478. The molecule has 5 rings (SSSR count). The molecule has 1 aromatic heterocycles. The van der Waals surface area contributed by atoms with Crippen molar-refractivity contribution < 1.29 is 14.3 Å². The summed E-state index contributed by atoms with van der Waals surface area (Å²) in [5.74, 6) is -0.455. The second kappa shape index (κ2) is 7.36. The number of aromatic nitrogens is 2. The molecule has 2 aromatic carbocycles. The third-order valence-electron chi connectivity index (χ3n) is 6.48. The number of hydrogen-bond acceptors (Lipinski definition) is 3. The Morgan fingerprint density at radius 1 is 1.23 bits per heavy atom. The summed E-state index contributed by atoms with van der Waals surface area (Å²) < 4.78 is 17.0. The number of benzene rings is 2. The SMILES string of the molecule is Cc1c(Cc2ccc(-n3cccn3)cc2)cc2c(c1F)CN([C@H]1CCC[C@@H]1O)C2=O. The van der Waals surface area contributed by atoms with Crippen LogP contribution in [-0.2, 0) is 13.0 Å². The summed E-state index contributed by atoms with van der Waals surface area (Å²) in [7, 11) is 0. The topological polar surface area (TPSA) is 58.4 Å². The fourth-order valence-electron chi connectivity index (χ4n) is 4.74. The smallest absolute Gasteiger partial charge is 0.254 e. The minimum Gasteiger partial charge on any atom is -0.391 e. The van der Waals surface area contributed by atoms with Crippen molar-refractivity contribution in [3.63, 3.8) is 0 Å². The fourth-order valence-corrected chi connectivity index (χ4v) is 4.74. The first-order chi connectivity index (χ1) is 14.5. The van der Waals surface area contributed by atoms with Gasteiger partial charge in [-0.15, -0.1) is 0 Å². The minimum absolute atomic E-state index is 0.162. The second-order valence-electron chi connectivity index (χ2n) is 8.29. The van der Waals surface area contributed by atoms with E-state index >= 15 is 4.39 Å². The van der Waals surface area contributed by atoms with Crippen LogP contribution in [0.25, 0.3) is 5.69 Å². The van der Waals surface area contributed by atoms with Crippen LogP contribution in [0.1, 0.15) is 51.9 Å². The molecule has 1 fully saturated rings. The number of halogens is 1. The van der Waals surface area contributed by atoms with Crippen LogP contribution in [0.15, 0.2) is 48.8 Å². The van der Waals surface area contributed by atoms with Crippen LogP contribution in [0.5, 0.6) is 0 Å². The third kappa shape index (κ3) is 3.12. The van der Waals surface area contributed by atoms with Crippen LogP contribution in [0.3, 0.4) is 0 Å². The molecule has 3 aromatic rings. The van der Waals surface area contributed by atoms with Crippen molar-refractivity contribution in [2.24, 2.45) is 0 Å². The van der Waals surface area contributed by atoms with Crippen molar-refractivity contribution in [1.82, 2.24) is 14.7 Å². The van der Waals surface area contributed by atoms with Crippen LogP contribution in [-0.4, -0.2) is 37.8 Å². The number of amides is 1. The highest BCUT2D eigenvalue weighted by molar-refractivity contribution is 5.99. The first kappa shape index (κ1) is 19.0. The van der Waals surface area contributed by atoms with Gasteiger partial charge >= 0.3 is 0 Å². The van der Waals surface area contributed by atoms with E-state index in [2.05, 4.69) is 5.10 Å². The highest BCUT2D eigenvalue weighted by atomic mass is 19.1. The average molecular weight is 405 g/mol. The molecule has 1 saturated carbocycles. The van der Waals surface area contributed by atoms with E-state index in [-0.39, 0.29) is 24.3 Å². The molecule has 1 aliphatic carbocycles. The summed E-state index contributed by atoms with van der Waals surface area (Å²) in [4.78, 5) is 14.7. The zero-order valence-corrected chi connectivity index (χ0v) is 16.9. The maximum atomic E-state index is 15.2. The van der Waals surface area contributed by atoms with E-state index in [0.29, 0.717) is 29.5 Å². The highest BCUT2D eigenvalue weighted by Crippen LogP contribution is 2.35. The number of hydrogen-bond donors (Lipinski definition) is 1. The van der Waals surface area contributed by atoms with Crippen LogP contribution in [0, 0.1) is 12.7 Å². The molecule has 2 heterocycles. The summed E-state index contributed by atoms with van der Waals surface area (Å²) in [6, 6.07) is 11.5. The number of fused-ring (bicyclic) bond motifs is 1. The van der Waals surface area contributed by atoms with Gasteiger partial charge in [0.05, 0.1) is 24.4 Å². The predicted octanol–water partition coefficient (Wildman–Crippen LogP) is 3.78. The van der Waals surface area contributed by atoms with Gasteiger partial charge in [-0.3, -0.25) is 4.79 Å². The summed E-state index contributed by atoms with van der Waals surface area (Å²) in [5.41, 5.74) is 4.32. The Kier molecular flexibility index (Phi) is 4.66. The molecular formula is C24H24FN3O2. The summed E-state index contributed by atoms with van der Waals surface area (Å²) >= 11 is 0. The molecule has 0 saturated heterocycles. The van der Waals surface area contributed by atoms with E-state index < -0.39 is 6.10 Å². The van der Waals surface area contributed by atoms with Gasteiger partial charge in [-0.05, 0) is 73.6 Å². The van der Waals surface area contributed by atoms with E-state index in [9.17, 15) is 9.90 Å². The van der Waals surface area contributed by atoms with Crippen molar-refractivity contribution in [2.45, 2.75) is 51.3 Å². The summed E-state index contributed by atoms with van der Waals surface area (Å²) in [5, 5.41) is 14.4. The molecule has 1 aliphatic heterocycles. The van der Waals surface area contributed by atoms with Crippen molar-refractivity contribution in [3.8, 4) is 5.69 Å². The van der Waals surface area contributed by atoms with E-state index in [1.54, 1.807) is 22.7 Å². The monoisotopic (exact) mass is 405 g/mol. The third-order valence-corrected chi connectivity index (χ3v) is 6.48. The van der Waals surface area contributed by atoms with Gasteiger partial charge in [0.1, 0.15) is 5.82 Å². The van der Waals surface area contributed by atoms with Gasteiger partial charge in [0.25, 0.3) is 5.91 Å². The summed E-state index contributed by atoms with van der Waals surface area (Å²) in [6.45, 7) is 2.03. The van der Waals surface area contributed by atoms with E-state index in [0.717, 1.165) is 29.7 Å². The molecule has 30 heavy (non-hydrogen) atoms. The van der Waals surface area contributed by atoms with Gasteiger partial charge in [-0.1, -0.05) is 12.1 Å². The molecule has 2 aliphatic rings. The van der Waals surface area contributed by atoms with Crippen molar-refractivity contribution in [3.05, 3.63) is 82.4 Å². The first-order valence-electron chi connectivity index (χ1n) is 10.4. The number of nitrogens with zero attached hydrogens (tertiary/aromatic N) is 3. The zero-order chi connectivity index (χ0) is 20.8. The maximum absolute atomic E-state index is 15.2. The minimum atomic E-state index is -0.514. The van der Waals surface area contributed by atoms with Gasteiger partial charge in [-0.2, -0.15) is 5.10 Å². The number of carbonyl (C=O) groups is 1. The van der Waals surface area contributed by atoms with Gasteiger partial charge in [-0.25, -0.2) is 9.07 Å². The molecule has 0 unspecified atom stereocenters.